The Labute approximate surface area is 186 Å². The number of nitrogens with zero attached hydrogens (tertiary/aromatic N) is 1. The number of carbonyl (C=O) groups is 2. The SMILES string of the molecule is CC(C)(NC(=O)Oc1ccc(Br)s1)C(=O)Nc1ccc(N2CCOCC2)c(Cl)c1. The van der Waals surface area contributed by atoms with Crippen LogP contribution in [0.1, 0.15) is 13.8 Å². The molecule has 3 rings (SSSR count). The van der Waals surface area contributed by atoms with E-state index in [0.29, 0.717) is 29.0 Å². The van der Waals surface area contributed by atoms with Crippen molar-refractivity contribution in [2.45, 2.75) is 19.4 Å². The summed E-state index contributed by atoms with van der Waals surface area (Å²) in [6, 6.07) is 8.79. The van der Waals surface area contributed by atoms with Crippen LogP contribution in [-0.4, -0.2) is 43.8 Å². The van der Waals surface area contributed by atoms with E-state index in [1.165, 1.54) is 11.3 Å². The quantitative estimate of drug-likeness (QED) is 0.629. The van der Waals surface area contributed by atoms with Crippen LogP contribution in [-0.2, 0) is 9.53 Å². The van der Waals surface area contributed by atoms with Crippen LogP contribution in [0.2, 0.25) is 5.02 Å². The summed E-state index contributed by atoms with van der Waals surface area (Å²) in [5.41, 5.74) is 0.250. The second-order valence-corrected chi connectivity index (χ2v) is 9.75. The first-order valence-electron chi connectivity index (χ1n) is 8.93. The number of morpholine rings is 1. The van der Waals surface area contributed by atoms with E-state index in [1.807, 2.05) is 6.07 Å². The highest BCUT2D eigenvalue weighted by atomic mass is 79.9. The zero-order valence-electron chi connectivity index (χ0n) is 16.0. The molecule has 2 amide bonds. The molecule has 1 aliphatic heterocycles. The van der Waals surface area contributed by atoms with Crippen molar-refractivity contribution in [3.63, 3.8) is 0 Å². The number of benzene rings is 1. The van der Waals surface area contributed by atoms with Gasteiger partial charge in [-0.1, -0.05) is 22.9 Å². The lowest BCUT2D eigenvalue weighted by molar-refractivity contribution is -0.121. The van der Waals surface area contributed by atoms with E-state index in [0.717, 1.165) is 22.6 Å². The van der Waals surface area contributed by atoms with Gasteiger partial charge in [0.1, 0.15) is 5.54 Å². The number of halogens is 2. The minimum absolute atomic E-state index is 0.392. The van der Waals surface area contributed by atoms with Gasteiger partial charge in [0.2, 0.25) is 5.91 Å². The van der Waals surface area contributed by atoms with E-state index >= 15 is 0 Å². The van der Waals surface area contributed by atoms with Crippen molar-refractivity contribution in [3.05, 3.63) is 39.1 Å². The molecule has 1 aromatic carbocycles. The fourth-order valence-corrected chi connectivity index (χ4v) is 4.21. The summed E-state index contributed by atoms with van der Waals surface area (Å²) in [5, 5.41) is 6.33. The summed E-state index contributed by atoms with van der Waals surface area (Å²) in [5.74, 6) is -0.392. The van der Waals surface area contributed by atoms with Crippen molar-refractivity contribution in [2.75, 3.05) is 36.5 Å². The molecule has 156 valence electrons. The molecule has 1 saturated heterocycles. The maximum absolute atomic E-state index is 12.7. The molecule has 0 spiro atoms. The van der Waals surface area contributed by atoms with E-state index in [9.17, 15) is 9.59 Å². The fourth-order valence-electron chi connectivity index (χ4n) is 2.71. The number of ether oxygens (including phenoxy) is 2. The van der Waals surface area contributed by atoms with Crippen molar-refractivity contribution in [2.24, 2.45) is 0 Å². The zero-order chi connectivity index (χ0) is 21.0. The highest BCUT2D eigenvalue weighted by Gasteiger charge is 2.31. The number of amides is 2. The molecule has 0 atom stereocenters. The molecule has 0 unspecified atom stereocenters. The number of hydrogen-bond donors (Lipinski definition) is 2. The van der Waals surface area contributed by atoms with Gasteiger partial charge in [-0.05, 0) is 60.1 Å². The molecule has 1 aliphatic rings. The van der Waals surface area contributed by atoms with E-state index < -0.39 is 17.5 Å². The molecular weight excluding hydrogens is 482 g/mol. The van der Waals surface area contributed by atoms with Gasteiger partial charge in [0.15, 0.2) is 5.06 Å². The highest BCUT2D eigenvalue weighted by molar-refractivity contribution is 9.11. The van der Waals surface area contributed by atoms with Crippen LogP contribution in [0.15, 0.2) is 34.1 Å². The molecule has 2 heterocycles. The van der Waals surface area contributed by atoms with Crippen LogP contribution >= 0.6 is 38.9 Å². The standard InChI is InChI=1S/C19H21BrClN3O4S/c1-19(2,23-18(26)28-16-6-5-15(20)29-16)17(25)22-12-3-4-14(13(21)11-12)24-7-9-27-10-8-24/h3-6,11H,7-10H2,1-2H3,(H,22,25)(H,23,26). The van der Waals surface area contributed by atoms with Gasteiger partial charge in [0.25, 0.3) is 0 Å². The van der Waals surface area contributed by atoms with Gasteiger partial charge in [0, 0.05) is 18.8 Å². The Hall–Kier alpha value is -1.81. The Morgan fingerprint density at radius 1 is 1.24 bits per heavy atom. The van der Waals surface area contributed by atoms with Crippen LogP contribution in [0.25, 0.3) is 0 Å². The lowest BCUT2D eigenvalue weighted by atomic mass is 10.0. The minimum atomic E-state index is -1.19. The molecule has 2 aromatic rings. The first-order valence-corrected chi connectivity index (χ1v) is 10.9. The lowest BCUT2D eigenvalue weighted by Gasteiger charge is -2.30. The van der Waals surface area contributed by atoms with Crippen LogP contribution < -0.4 is 20.3 Å². The average Bonchev–Trinajstić information content (AvgIpc) is 3.06. The van der Waals surface area contributed by atoms with Crippen LogP contribution in [0.5, 0.6) is 5.06 Å². The maximum atomic E-state index is 12.7. The lowest BCUT2D eigenvalue weighted by Crippen LogP contribution is -2.53. The Kier molecular flexibility index (Phi) is 7.05. The third-order valence-electron chi connectivity index (χ3n) is 4.28. The first-order chi connectivity index (χ1) is 13.7. The van der Waals surface area contributed by atoms with Crippen LogP contribution in [0.4, 0.5) is 16.2 Å². The smallest absolute Gasteiger partial charge is 0.399 e. The molecule has 29 heavy (non-hydrogen) atoms. The van der Waals surface area contributed by atoms with E-state index in [-0.39, 0.29) is 0 Å². The Morgan fingerprint density at radius 2 is 1.97 bits per heavy atom. The maximum Gasteiger partial charge on any atom is 0.414 e. The van der Waals surface area contributed by atoms with E-state index in [4.69, 9.17) is 21.1 Å². The van der Waals surface area contributed by atoms with Crippen molar-refractivity contribution in [1.82, 2.24) is 5.32 Å². The Balaban J connectivity index is 1.60. The molecule has 7 nitrogen and oxygen atoms in total. The predicted molar refractivity (Wildman–Crippen MR) is 118 cm³/mol. The third kappa shape index (κ3) is 5.85. The predicted octanol–water partition coefficient (Wildman–Crippen LogP) is 4.51. The monoisotopic (exact) mass is 501 g/mol. The fraction of sp³-hybridized carbons (Fsp3) is 0.368. The summed E-state index contributed by atoms with van der Waals surface area (Å²) in [7, 11) is 0. The second kappa shape index (κ2) is 9.34. The van der Waals surface area contributed by atoms with Gasteiger partial charge >= 0.3 is 6.09 Å². The van der Waals surface area contributed by atoms with Crippen molar-refractivity contribution < 1.29 is 19.1 Å². The third-order valence-corrected chi connectivity index (χ3v) is 6.09. The number of nitrogens with one attached hydrogen (secondary N) is 2. The summed E-state index contributed by atoms with van der Waals surface area (Å²) < 4.78 is 11.4. The molecule has 10 heteroatoms. The largest absolute Gasteiger partial charge is 0.414 e. The summed E-state index contributed by atoms with van der Waals surface area (Å²) >= 11 is 11.0. The Morgan fingerprint density at radius 3 is 2.59 bits per heavy atom. The summed E-state index contributed by atoms with van der Waals surface area (Å²) in [4.78, 5) is 26.9. The molecule has 0 radical (unpaired) electrons. The zero-order valence-corrected chi connectivity index (χ0v) is 19.1. The number of thiophene rings is 1. The van der Waals surface area contributed by atoms with Gasteiger partial charge in [-0.25, -0.2) is 4.79 Å². The molecule has 2 N–H and O–H groups in total. The molecule has 1 aromatic heterocycles. The average molecular weight is 503 g/mol. The second-order valence-electron chi connectivity index (χ2n) is 6.92. The van der Waals surface area contributed by atoms with Crippen LogP contribution in [0, 0.1) is 0 Å². The van der Waals surface area contributed by atoms with E-state index in [2.05, 4.69) is 31.5 Å². The molecule has 1 fully saturated rings. The van der Waals surface area contributed by atoms with Gasteiger partial charge in [-0.2, -0.15) is 0 Å². The van der Waals surface area contributed by atoms with Crippen LogP contribution in [0.3, 0.4) is 0 Å². The minimum Gasteiger partial charge on any atom is -0.399 e. The molecule has 0 bridgehead atoms. The molecule has 0 saturated carbocycles. The summed E-state index contributed by atoms with van der Waals surface area (Å²) in [6.07, 6.45) is -0.708. The number of rotatable bonds is 5. The number of carbonyl (C=O) groups excluding carboxylic acids is 2. The van der Waals surface area contributed by atoms with Gasteiger partial charge in [0.05, 0.1) is 27.7 Å². The van der Waals surface area contributed by atoms with Gasteiger partial charge in [-0.3, -0.25) is 4.79 Å². The normalized spacial score (nSPS) is 14.4. The van der Waals surface area contributed by atoms with Gasteiger partial charge < -0.3 is 25.0 Å². The topological polar surface area (TPSA) is 79.9 Å². The number of hydrogen-bond acceptors (Lipinski definition) is 6. The first kappa shape index (κ1) is 21.9. The molecule has 0 aliphatic carbocycles. The Bertz CT molecular complexity index is 899. The summed E-state index contributed by atoms with van der Waals surface area (Å²) in [6.45, 7) is 6.05. The van der Waals surface area contributed by atoms with Gasteiger partial charge in [-0.15, -0.1) is 0 Å². The van der Waals surface area contributed by atoms with Crippen molar-refractivity contribution >= 4 is 62.2 Å². The highest BCUT2D eigenvalue weighted by Crippen LogP contribution is 2.30. The molecular formula is C19H21BrClN3O4S. The van der Waals surface area contributed by atoms with Crippen molar-refractivity contribution in [1.29, 1.82) is 0 Å². The van der Waals surface area contributed by atoms with Crippen molar-refractivity contribution in [3.8, 4) is 5.06 Å². The van der Waals surface area contributed by atoms with E-state index in [1.54, 1.807) is 38.1 Å². The number of anilines is 2.